The highest BCUT2D eigenvalue weighted by atomic mass is 16.2. The van der Waals surface area contributed by atoms with Crippen LogP contribution in [0.15, 0.2) is 104 Å². The average Bonchev–Trinajstić information content (AvgIpc) is 3.07. The number of nitrogens with one attached hydrogen (secondary N) is 1. The number of hydrogen-bond donors (Lipinski definition) is 1. The number of rotatable bonds is 5. The third-order valence-electron chi connectivity index (χ3n) is 5.02. The predicted molar refractivity (Wildman–Crippen MR) is 111 cm³/mol. The van der Waals surface area contributed by atoms with Gasteiger partial charge >= 0.3 is 0 Å². The van der Waals surface area contributed by atoms with Gasteiger partial charge in [0.25, 0.3) is 5.91 Å². The molecule has 0 saturated heterocycles. The highest BCUT2D eigenvalue weighted by Gasteiger charge is 2.39. The summed E-state index contributed by atoms with van der Waals surface area (Å²) in [5.41, 5.74) is 4.17. The molecule has 2 heteroatoms. The number of amides is 1. The standard InChI is InChI=1S/C25H21NO/c1-19(20-11-5-2-6-12-20)17-25(22-15-9-4-10-16-22)18-23(24(27)26-25)21-13-7-3-8-14-21/h2-16,18H,1,17H2,(H,26,27). The van der Waals surface area contributed by atoms with Crippen molar-refractivity contribution < 1.29 is 4.79 Å². The van der Waals surface area contributed by atoms with E-state index in [2.05, 4.69) is 42.2 Å². The zero-order valence-electron chi connectivity index (χ0n) is 15.1. The van der Waals surface area contributed by atoms with E-state index in [9.17, 15) is 4.79 Å². The zero-order chi connectivity index (χ0) is 18.7. The van der Waals surface area contributed by atoms with Gasteiger partial charge in [0, 0.05) is 12.0 Å². The van der Waals surface area contributed by atoms with E-state index in [0.29, 0.717) is 12.0 Å². The van der Waals surface area contributed by atoms with Crippen molar-refractivity contribution in [2.75, 3.05) is 0 Å². The van der Waals surface area contributed by atoms with Gasteiger partial charge in [0.2, 0.25) is 0 Å². The van der Waals surface area contributed by atoms with Crippen molar-refractivity contribution in [2.45, 2.75) is 12.0 Å². The third-order valence-corrected chi connectivity index (χ3v) is 5.02. The largest absolute Gasteiger partial charge is 0.339 e. The van der Waals surface area contributed by atoms with Gasteiger partial charge in [-0.2, -0.15) is 0 Å². The van der Waals surface area contributed by atoms with Crippen molar-refractivity contribution in [3.63, 3.8) is 0 Å². The lowest BCUT2D eigenvalue weighted by Crippen LogP contribution is -2.39. The Balaban J connectivity index is 1.78. The van der Waals surface area contributed by atoms with Crippen LogP contribution in [0.4, 0.5) is 0 Å². The number of carbonyl (C=O) groups is 1. The topological polar surface area (TPSA) is 29.1 Å². The predicted octanol–water partition coefficient (Wildman–Crippen LogP) is 5.20. The van der Waals surface area contributed by atoms with E-state index >= 15 is 0 Å². The van der Waals surface area contributed by atoms with E-state index < -0.39 is 5.54 Å². The molecule has 1 heterocycles. The molecule has 4 rings (SSSR count). The van der Waals surface area contributed by atoms with Gasteiger partial charge in [-0.3, -0.25) is 4.79 Å². The van der Waals surface area contributed by atoms with Crippen LogP contribution in [0.1, 0.15) is 23.1 Å². The van der Waals surface area contributed by atoms with E-state index in [1.807, 2.05) is 66.7 Å². The average molecular weight is 351 g/mol. The van der Waals surface area contributed by atoms with Gasteiger partial charge in [0.05, 0.1) is 5.54 Å². The number of benzene rings is 3. The van der Waals surface area contributed by atoms with E-state index in [-0.39, 0.29) is 5.91 Å². The highest BCUT2D eigenvalue weighted by molar-refractivity contribution is 6.22. The Hall–Kier alpha value is -3.39. The maximum Gasteiger partial charge on any atom is 0.252 e. The van der Waals surface area contributed by atoms with Crippen molar-refractivity contribution in [3.8, 4) is 0 Å². The monoisotopic (exact) mass is 351 g/mol. The molecule has 0 radical (unpaired) electrons. The summed E-state index contributed by atoms with van der Waals surface area (Å²) in [6.07, 6.45) is 2.68. The summed E-state index contributed by atoms with van der Waals surface area (Å²) in [5, 5.41) is 3.24. The minimum Gasteiger partial charge on any atom is -0.339 e. The van der Waals surface area contributed by atoms with Crippen molar-refractivity contribution in [2.24, 2.45) is 0 Å². The molecule has 3 aromatic carbocycles. The van der Waals surface area contributed by atoms with Crippen LogP contribution < -0.4 is 5.32 Å². The Bertz CT molecular complexity index is 990. The molecule has 0 saturated carbocycles. The van der Waals surface area contributed by atoms with Gasteiger partial charge in [0.15, 0.2) is 0 Å². The first-order valence-corrected chi connectivity index (χ1v) is 9.07. The molecular formula is C25H21NO. The Kier molecular flexibility index (Phi) is 4.47. The smallest absolute Gasteiger partial charge is 0.252 e. The lowest BCUT2D eigenvalue weighted by molar-refractivity contribution is -0.116. The normalized spacial score (nSPS) is 18.7. The summed E-state index contributed by atoms with van der Waals surface area (Å²) < 4.78 is 0. The van der Waals surface area contributed by atoms with Gasteiger partial charge in [-0.25, -0.2) is 0 Å². The molecule has 0 fully saturated rings. The van der Waals surface area contributed by atoms with E-state index in [1.165, 1.54) is 0 Å². The summed E-state index contributed by atoms with van der Waals surface area (Å²) in [5.74, 6) is -0.0501. The molecule has 1 atom stereocenters. The minimum atomic E-state index is -0.601. The van der Waals surface area contributed by atoms with Crippen LogP contribution in [0.2, 0.25) is 0 Å². The van der Waals surface area contributed by atoms with Crippen LogP contribution in [0.3, 0.4) is 0 Å². The second-order valence-electron chi connectivity index (χ2n) is 6.86. The second-order valence-corrected chi connectivity index (χ2v) is 6.86. The fourth-order valence-electron chi connectivity index (χ4n) is 3.65. The molecule has 0 bridgehead atoms. The Morgan fingerprint density at radius 1 is 0.815 bits per heavy atom. The van der Waals surface area contributed by atoms with Crippen LogP contribution in [-0.4, -0.2) is 5.91 Å². The number of carbonyl (C=O) groups excluding carboxylic acids is 1. The lowest BCUT2D eigenvalue weighted by atomic mass is 9.82. The third kappa shape index (κ3) is 3.34. The van der Waals surface area contributed by atoms with Crippen LogP contribution in [0.25, 0.3) is 11.1 Å². The minimum absolute atomic E-state index is 0.0501. The molecule has 2 nitrogen and oxygen atoms in total. The summed E-state index contributed by atoms with van der Waals surface area (Å²) in [7, 11) is 0. The van der Waals surface area contributed by atoms with Gasteiger partial charge in [-0.15, -0.1) is 0 Å². The SMILES string of the molecule is C=C(CC1(c2ccccc2)C=C(c2ccccc2)C(=O)N1)c1ccccc1. The van der Waals surface area contributed by atoms with Crippen molar-refractivity contribution in [3.05, 3.63) is 120 Å². The van der Waals surface area contributed by atoms with Crippen LogP contribution >= 0.6 is 0 Å². The Labute approximate surface area is 159 Å². The molecule has 0 spiro atoms. The van der Waals surface area contributed by atoms with E-state index in [1.54, 1.807) is 0 Å². The lowest BCUT2D eigenvalue weighted by Gasteiger charge is -2.29. The molecule has 1 N–H and O–H groups in total. The molecule has 132 valence electrons. The second kappa shape index (κ2) is 7.08. The maximum atomic E-state index is 12.9. The molecule has 1 amide bonds. The Morgan fingerprint density at radius 3 is 2.00 bits per heavy atom. The van der Waals surface area contributed by atoms with Crippen molar-refractivity contribution >= 4 is 17.1 Å². The molecule has 27 heavy (non-hydrogen) atoms. The van der Waals surface area contributed by atoms with Crippen molar-refractivity contribution in [1.82, 2.24) is 5.32 Å². The van der Waals surface area contributed by atoms with Gasteiger partial charge in [-0.1, -0.05) is 97.6 Å². The Morgan fingerprint density at radius 2 is 1.37 bits per heavy atom. The van der Waals surface area contributed by atoms with Gasteiger partial charge < -0.3 is 5.32 Å². The molecule has 1 aliphatic heterocycles. The molecule has 1 aliphatic rings. The maximum absolute atomic E-state index is 12.9. The number of hydrogen-bond acceptors (Lipinski definition) is 1. The fraction of sp³-hybridized carbons (Fsp3) is 0.0800. The van der Waals surface area contributed by atoms with Gasteiger partial charge in [0.1, 0.15) is 0 Å². The summed E-state index contributed by atoms with van der Waals surface area (Å²) in [4.78, 5) is 12.9. The van der Waals surface area contributed by atoms with Crippen LogP contribution in [0, 0.1) is 0 Å². The van der Waals surface area contributed by atoms with E-state index in [4.69, 9.17) is 0 Å². The van der Waals surface area contributed by atoms with E-state index in [0.717, 1.165) is 22.3 Å². The van der Waals surface area contributed by atoms with Crippen LogP contribution in [-0.2, 0) is 10.3 Å². The summed E-state index contributed by atoms with van der Waals surface area (Å²) in [6.45, 7) is 4.30. The van der Waals surface area contributed by atoms with Crippen molar-refractivity contribution in [1.29, 1.82) is 0 Å². The quantitative estimate of drug-likeness (QED) is 0.673. The summed E-state index contributed by atoms with van der Waals surface area (Å²) >= 11 is 0. The molecule has 0 aromatic heterocycles. The van der Waals surface area contributed by atoms with Gasteiger partial charge in [-0.05, 0) is 28.3 Å². The fourth-order valence-corrected chi connectivity index (χ4v) is 3.65. The molecule has 0 aliphatic carbocycles. The van der Waals surface area contributed by atoms with Crippen LogP contribution in [0.5, 0.6) is 0 Å². The molecule has 1 unspecified atom stereocenters. The first-order valence-electron chi connectivity index (χ1n) is 9.07. The zero-order valence-corrected chi connectivity index (χ0v) is 15.1. The first kappa shape index (κ1) is 17.0. The molecule has 3 aromatic rings. The molecular weight excluding hydrogens is 330 g/mol. The highest BCUT2D eigenvalue weighted by Crippen LogP contribution is 2.39. The summed E-state index contributed by atoms with van der Waals surface area (Å²) in [6, 6.07) is 30.0. The first-order chi connectivity index (χ1) is 13.2.